The van der Waals surface area contributed by atoms with Crippen LogP contribution in [0.2, 0.25) is 0 Å². The van der Waals surface area contributed by atoms with Gasteiger partial charge in [-0.2, -0.15) is 0 Å². The molecule has 1 aromatic heterocycles. The summed E-state index contributed by atoms with van der Waals surface area (Å²) in [5, 5.41) is 3.87. The zero-order chi connectivity index (χ0) is 17.6. The molecule has 0 unspecified atom stereocenters. The van der Waals surface area contributed by atoms with E-state index in [4.69, 9.17) is 4.74 Å². The van der Waals surface area contributed by atoms with Gasteiger partial charge in [0.25, 0.3) is 5.91 Å². The number of rotatable bonds is 6. The minimum Gasteiger partial charge on any atom is -0.492 e. The fourth-order valence-electron chi connectivity index (χ4n) is 2.46. The summed E-state index contributed by atoms with van der Waals surface area (Å²) in [7, 11) is 4.00. The molecule has 0 saturated carbocycles. The minimum absolute atomic E-state index is 0.156. The molecule has 1 heterocycles. The highest BCUT2D eigenvalue weighted by Crippen LogP contribution is 2.22. The van der Waals surface area contributed by atoms with Crippen LogP contribution in [0.25, 0.3) is 10.9 Å². The Labute approximate surface area is 147 Å². The molecule has 1 N–H and O–H groups in total. The van der Waals surface area contributed by atoms with Crippen LogP contribution in [0.1, 0.15) is 10.4 Å². The van der Waals surface area contributed by atoms with Crippen LogP contribution in [-0.4, -0.2) is 43.0 Å². The Morgan fingerprint density at radius 1 is 1.08 bits per heavy atom. The van der Waals surface area contributed by atoms with Crippen molar-refractivity contribution in [2.45, 2.75) is 0 Å². The number of aromatic nitrogens is 1. The molecular formula is C20H21N3O2. The van der Waals surface area contributed by atoms with Crippen molar-refractivity contribution in [1.29, 1.82) is 0 Å². The summed E-state index contributed by atoms with van der Waals surface area (Å²) < 4.78 is 5.65. The van der Waals surface area contributed by atoms with Gasteiger partial charge in [0.1, 0.15) is 12.4 Å². The summed E-state index contributed by atoms with van der Waals surface area (Å²) in [5.74, 6) is 0.601. The zero-order valence-corrected chi connectivity index (χ0v) is 14.4. The standard InChI is InChI=1S/C20H21N3O2/c1-23(2)13-14-25-16-10-8-15(9-11-16)20(24)22-19-7-3-6-18-17(19)5-4-12-21-18/h3-12H,13-14H2,1-2H3,(H,22,24). The molecule has 2 aromatic carbocycles. The van der Waals surface area contributed by atoms with Crippen molar-refractivity contribution in [2.24, 2.45) is 0 Å². The lowest BCUT2D eigenvalue weighted by Gasteiger charge is -2.11. The average molecular weight is 335 g/mol. The maximum absolute atomic E-state index is 12.5. The van der Waals surface area contributed by atoms with Gasteiger partial charge in [0.2, 0.25) is 0 Å². The van der Waals surface area contributed by atoms with E-state index >= 15 is 0 Å². The third kappa shape index (κ3) is 4.33. The molecule has 0 saturated heterocycles. The number of benzene rings is 2. The smallest absolute Gasteiger partial charge is 0.255 e. The van der Waals surface area contributed by atoms with Gasteiger partial charge in [-0.1, -0.05) is 6.07 Å². The van der Waals surface area contributed by atoms with E-state index in [9.17, 15) is 4.79 Å². The number of nitrogens with one attached hydrogen (secondary N) is 1. The van der Waals surface area contributed by atoms with Crippen molar-refractivity contribution in [3.8, 4) is 5.75 Å². The molecule has 128 valence electrons. The largest absolute Gasteiger partial charge is 0.492 e. The molecule has 0 aliphatic heterocycles. The predicted octanol–water partition coefficient (Wildman–Crippen LogP) is 3.43. The maximum Gasteiger partial charge on any atom is 0.255 e. The van der Waals surface area contributed by atoms with Gasteiger partial charge < -0.3 is 15.0 Å². The fraction of sp³-hybridized carbons (Fsp3) is 0.200. The zero-order valence-electron chi connectivity index (χ0n) is 14.4. The Bertz CT molecular complexity index is 855. The van der Waals surface area contributed by atoms with Crippen LogP contribution in [0.5, 0.6) is 5.75 Å². The van der Waals surface area contributed by atoms with Gasteiger partial charge in [-0.25, -0.2) is 0 Å². The molecule has 0 fully saturated rings. The Hall–Kier alpha value is -2.92. The van der Waals surface area contributed by atoms with E-state index in [0.717, 1.165) is 28.9 Å². The molecule has 25 heavy (non-hydrogen) atoms. The monoisotopic (exact) mass is 335 g/mol. The molecule has 0 radical (unpaired) electrons. The van der Waals surface area contributed by atoms with Crippen molar-refractivity contribution in [3.05, 3.63) is 66.4 Å². The highest BCUT2D eigenvalue weighted by atomic mass is 16.5. The lowest BCUT2D eigenvalue weighted by atomic mass is 10.1. The number of nitrogens with zero attached hydrogens (tertiary/aromatic N) is 2. The molecule has 1 amide bonds. The quantitative estimate of drug-likeness (QED) is 0.750. The van der Waals surface area contributed by atoms with Crippen LogP contribution in [0, 0.1) is 0 Å². The summed E-state index contributed by atoms with van der Waals surface area (Å²) in [6.45, 7) is 1.46. The molecule has 5 nitrogen and oxygen atoms in total. The van der Waals surface area contributed by atoms with Gasteiger partial charge >= 0.3 is 0 Å². The van der Waals surface area contributed by atoms with Gasteiger partial charge in [0, 0.05) is 23.7 Å². The second kappa shape index (κ2) is 7.77. The van der Waals surface area contributed by atoms with E-state index in [2.05, 4.69) is 15.2 Å². The summed E-state index contributed by atoms with van der Waals surface area (Å²) >= 11 is 0. The summed E-state index contributed by atoms with van der Waals surface area (Å²) in [6.07, 6.45) is 1.74. The number of anilines is 1. The van der Waals surface area contributed by atoms with Crippen molar-refractivity contribution in [2.75, 3.05) is 32.6 Å². The van der Waals surface area contributed by atoms with Crippen molar-refractivity contribution < 1.29 is 9.53 Å². The number of carbonyl (C=O) groups is 1. The SMILES string of the molecule is CN(C)CCOc1ccc(C(=O)Nc2cccc3ncccc23)cc1. The van der Waals surface area contributed by atoms with Crippen LogP contribution < -0.4 is 10.1 Å². The molecule has 0 bridgehead atoms. The first kappa shape index (κ1) is 16.9. The number of amides is 1. The fourth-order valence-corrected chi connectivity index (χ4v) is 2.46. The van der Waals surface area contributed by atoms with Crippen LogP contribution >= 0.6 is 0 Å². The second-order valence-electron chi connectivity index (χ2n) is 6.01. The highest BCUT2D eigenvalue weighted by Gasteiger charge is 2.09. The summed E-state index contributed by atoms with van der Waals surface area (Å²) in [6, 6.07) is 16.6. The Morgan fingerprint density at radius 2 is 1.88 bits per heavy atom. The summed E-state index contributed by atoms with van der Waals surface area (Å²) in [5.41, 5.74) is 2.19. The maximum atomic E-state index is 12.5. The Balaban J connectivity index is 1.68. The van der Waals surface area contributed by atoms with E-state index in [1.165, 1.54) is 0 Å². The minimum atomic E-state index is -0.156. The molecule has 0 spiro atoms. The van der Waals surface area contributed by atoms with Crippen LogP contribution in [0.3, 0.4) is 0 Å². The lowest BCUT2D eigenvalue weighted by molar-refractivity contribution is 0.102. The molecular weight excluding hydrogens is 314 g/mol. The molecule has 0 atom stereocenters. The molecule has 0 aliphatic rings. The van der Waals surface area contributed by atoms with Crippen molar-refractivity contribution in [1.82, 2.24) is 9.88 Å². The highest BCUT2D eigenvalue weighted by molar-refractivity contribution is 6.08. The van der Waals surface area contributed by atoms with Crippen molar-refractivity contribution in [3.63, 3.8) is 0 Å². The number of carbonyl (C=O) groups excluding carboxylic acids is 1. The van der Waals surface area contributed by atoms with Gasteiger partial charge in [-0.15, -0.1) is 0 Å². The van der Waals surface area contributed by atoms with Crippen molar-refractivity contribution >= 4 is 22.5 Å². The number of likely N-dealkylation sites (N-methyl/N-ethyl adjacent to an activating group) is 1. The van der Waals surface area contributed by atoms with E-state index in [1.807, 2.05) is 56.6 Å². The Morgan fingerprint density at radius 3 is 2.64 bits per heavy atom. The average Bonchev–Trinajstić information content (AvgIpc) is 2.62. The van der Waals surface area contributed by atoms with E-state index in [0.29, 0.717) is 12.2 Å². The number of hydrogen-bond donors (Lipinski definition) is 1. The lowest BCUT2D eigenvalue weighted by Crippen LogP contribution is -2.19. The molecule has 3 rings (SSSR count). The topological polar surface area (TPSA) is 54.5 Å². The van der Waals surface area contributed by atoms with Crippen LogP contribution in [0.15, 0.2) is 60.8 Å². The number of hydrogen-bond acceptors (Lipinski definition) is 4. The number of fused-ring (bicyclic) bond motifs is 1. The number of pyridine rings is 1. The number of ether oxygens (including phenoxy) is 1. The Kier molecular flexibility index (Phi) is 5.26. The van der Waals surface area contributed by atoms with Gasteiger partial charge in [0.15, 0.2) is 0 Å². The first-order chi connectivity index (χ1) is 12.1. The second-order valence-corrected chi connectivity index (χ2v) is 6.01. The molecule has 5 heteroatoms. The van der Waals surface area contributed by atoms with Gasteiger partial charge in [-0.05, 0) is 62.6 Å². The summed E-state index contributed by atoms with van der Waals surface area (Å²) in [4.78, 5) is 18.9. The van der Waals surface area contributed by atoms with Gasteiger partial charge in [0.05, 0.1) is 11.2 Å². The van der Waals surface area contributed by atoms with Crippen LogP contribution in [-0.2, 0) is 0 Å². The predicted molar refractivity (Wildman–Crippen MR) is 100 cm³/mol. The van der Waals surface area contributed by atoms with E-state index in [-0.39, 0.29) is 5.91 Å². The third-order valence-electron chi connectivity index (χ3n) is 3.82. The van der Waals surface area contributed by atoms with E-state index < -0.39 is 0 Å². The van der Waals surface area contributed by atoms with Gasteiger partial charge in [-0.3, -0.25) is 9.78 Å². The normalized spacial score (nSPS) is 10.8. The molecule has 3 aromatic rings. The molecule has 0 aliphatic carbocycles. The third-order valence-corrected chi connectivity index (χ3v) is 3.82. The first-order valence-electron chi connectivity index (χ1n) is 8.16. The first-order valence-corrected chi connectivity index (χ1v) is 8.16. The van der Waals surface area contributed by atoms with E-state index in [1.54, 1.807) is 18.3 Å². The van der Waals surface area contributed by atoms with Crippen LogP contribution in [0.4, 0.5) is 5.69 Å².